The Morgan fingerprint density at radius 1 is 1.71 bits per heavy atom. The van der Waals surface area contributed by atoms with Crippen LogP contribution in [0.2, 0.25) is 0 Å². The molecule has 7 heavy (non-hydrogen) atoms. The van der Waals surface area contributed by atoms with E-state index in [4.69, 9.17) is 4.79 Å². The Bertz CT molecular complexity index is 105. The van der Waals surface area contributed by atoms with Crippen LogP contribution in [0.1, 0.15) is 6.42 Å². The van der Waals surface area contributed by atoms with Crippen molar-refractivity contribution in [3.63, 3.8) is 0 Å². The van der Waals surface area contributed by atoms with Crippen molar-refractivity contribution in [3.05, 3.63) is 0 Å². The van der Waals surface area contributed by atoms with Crippen molar-refractivity contribution >= 4 is 16.6 Å². The quantitative estimate of drug-likeness (QED) is 0.403. The largest absolute Gasteiger partial charge is 0.306 e. The molecule has 40 valence electrons. The molecule has 1 atom stereocenters. The molecule has 1 fully saturated rings. The lowest BCUT2D eigenvalue weighted by Crippen LogP contribution is -1.95. The molecule has 1 rings (SSSR count). The van der Waals surface area contributed by atoms with Gasteiger partial charge in [0.1, 0.15) is 5.75 Å². The molecule has 0 aromatic heterocycles. The molecule has 0 amide bonds. The van der Waals surface area contributed by atoms with Crippen LogP contribution < -0.4 is 0 Å². The van der Waals surface area contributed by atoms with Gasteiger partial charge in [-0.2, -0.15) is 0 Å². The minimum atomic E-state index is -0.740. The zero-order valence-corrected chi connectivity index (χ0v) is 4.70. The number of carbonyl (C=O) groups excluding carboxylic acids is 1. The highest BCUT2D eigenvalue weighted by Crippen LogP contribution is 1.99. The van der Waals surface area contributed by atoms with E-state index in [0.717, 1.165) is 0 Å². The first-order valence-corrected chi connectivity index (χ1v) is 3.66. The summed E-state index contributed by atoms with van der Waals surface area (Å²) in [5.41, 5.74) is 0. The van der Waals surface area contributed by atoms with Crippen LogP contribution in [0, 0.1) is 0 Å². The third-order valence-electron chi connectivity index (χ3n) is 0.946. The van der Waals surface area contributed by atoms with Gasteiger partial charge in [-0.15, -0.1) is 0 Å². The summed E-state index contributed by atoms with van der Waals surface area (Å²) in [7, 11) is -0.740. The van der Waals surface area contributed by atoms with Gasteiger partial charge in [-0.3, -0.25) is 9.00 Å². The van der Waals surface area contributed by atoms with Crippen LogP contribution in [0.3, 0.4) is 0 Å². The number of hydrogen-bond donors (Lipinski definition) is 0. The molecule has 2 nitrogen and oxygen atoms in total. The van der Waals surface area contributed by atoms with Gasteiger partial charge >= 0.3 is 5.78 Å². The van der Waals surface area contributed by atoms with Crippen molar-refractivity contribution in [1.82, 2.24) is 0 Å². The molecule has 1 N–H and O–H groups in total. The monoisotopic (exact) mass is 119 g/mol. The number of rotatable bonds is 0. The van der Waals surface area contributed by atoms with Crippen LogP contribution in [-0.4, -0.2) is 26.3 Å². The molecule has 0 bridgehead atoms. The molecule has 0 aromatic rings. The minimum Gasteiger partial charge on any atom is -0.283 e. The molecule has 1 aliphatic rings. The molecule has 0 aromatic carbocycles. The van der Waals surface area contributed by atoms with E-state index in [1.54, 1.807) is 0 Å². The highest BCUT2D eigenvalue weighted by atomic mass is 32.2. The molecule has 1 aliphatic heterocycles. The lowest BCUT2D eigenvalue weighted by Gasteiger charge is -1.71. The Labute approximate surface area is 44.4 Å². The summed E-state index contributed by atoms with van der Waals surface area (Å²) in [5, 5.41) is 0. The van der Waals surface area contributed by atoms with Crippen molar-refractivity contribution in [2.45, 2.75) is 6.42 Å². The number of ketones is 1. The Morgan fingerprint density at radius 3 is 2.57 bits per heavy atom. The third-order valence-corrected chi connectivity index (χ3v) is 2.26. The van der Waals surface area contributed by atoms with E-state index in [0.29, 0.717) is 23.7 Å². The second-order valence-corrected chi connectivity index (χ2v) is 3.18. The second-order valence-electron chi connectivity index (χ2n) is 1.60. The van der Waals surface area contributed by atoms with E-state index < -0.39 is 10.8 Å². The van der Waals surface area contributed by atoms with Crippen molar-refractivity contribution in [3.8, 4) is 0 Å². The van der Waals surface area contributed by atoms with E-state index in [-0.39, 0.29) is 0 Å². The summed E-state index contributed by atoms with van der Waals surface area (Å²) in [5.74, 6) is 1.48. The molecular weight excluding hydrogens is 112 g/mol. The molecular formula is C4H7O2S+. The van der Waals surface area contributed by atoms with Crippen LogP contribution in [-0.2, 0) is 10.8 Å². The van der Waals surface area contributed by atoms with Crippen LogP contribution >= 0.6 is 0 Å². The van der Waals surface area contributed by atoms with Gasteiger partial charge in [-0.05, 0) is 0 Å². The van der Waals surface area contributed by atoms with E-state index >= 15 is 0 Å². The van der Waals surface area contributed by atoms with Crippen LogP contribution in [0.4, 0.5) is 0 Å². The van der Waals surface area contributed by atoms with Gasteiger partial charge < -0.3 is 0 Å². The Morgan fingerprint density at radius 2 is 2.43 bits per heavy atom. The lowest BCUT2D eigenvalue weighted by molar-refractivity contribution is 0.664. The first-order chi connectivity index (χ1) is 3.29. The van der Waals surface area contributed by atoms with Crippen molar-refractivity contribution in [1.29, 1.82) is 0 Å². The fourth-order valence-corrected chi connectivity index (χ4v) is 1.69. The van der Waals surface area contributed by atoms with Gasteiger partial charge in [-0.1, -0.05) is 0 Å². The van der Waals surface area contributed by atoms with Gasteiger partial charge in [0.05, 0.1) is 6.42 Å². The predicted molar refractivity (Wildman–Crippen MR) is 29.4 cm³/mol. The average molecular weight is 119 g/mol. The molecule has 0 saturated carbocycles. The van der Waals surface area contributed by atoms with Gasteiger partial charge in [0.2, 0.25) is 0 Å². The van der Waals surface area contributed by atoms with E-state index in [1.165, 1.54) is 0 Å². The summed E-state index contributed by atoms with van der Waals surface area (Å²) in [6, 6.07) is 0. The first kappa shape index (κ1) is 4.97. The normalized spacial score (nSPS) is 31.4. The molecule has 0 aliphatic carbocycles. The Balaban J connectivity index is 2.55. The molecule has 3 heteroatoms. The SMILES string of the molecule is O=S1CCC(=[OH+])C1. The summed E-state index contributed by atoms with van der Waals surface area (Å²) in [6.45, 7) is 0. The smallest absolute Gasteiger partial charge is 0.283 e. The summed E-state index contributed by atoms with van der Waals surface area (Å²) < 4.78 is 10.4. The maximum absolute atomic E-state index is 10.4. The third kappa shape index (κ3) is 1.09. The summed E-state index contributed by atoms with van der Waals surface area (Å²) >= 11 is 0. The van der Waals surface area contributed by atoms with Gasteiger partial charge in [0.15, 0.2) is 0 Å². The van der Waals surface area contributed by atoms with Crippen molar-refractivity contribution < 1.29 is 9.00 Å². The summed E-state index contributed by atoms with van der Waals surface area (Å²) in [4.78, 5) is 8.62. The van der Waals surface area contributed by atoms with E-state index in [9.17, 15) is 4.21 Å². The maximum atomic E-state index is 10.4. The lowest BCUT2D eigenvalue weighted by atomic mass is 10.4. The molecule has 1 heterocycles. The summed E-state index contributed by atoms with van der Waals surface area (Å²) in [6.07, 6.45) is 0.645. The molecule has 1 unspecified atom stereocenters. The molecule has 0 radical (unpaired) electrons. The van der Waals surface area contributed by atoms with Gasteiger partial charge in [0, 0.05) is 16.6 Å². The maximum Gasteiger partial charge on any atom is 0.306 e. The van der Waals surface area contributed by atoms with Crippen LogP contribution in [0.5, 0.6) is 0 Å². The molecule has 0 spiro atoms. The first-order valence-electron chi connectivity index (χ1n) is 2.17. The van der Waals surface area contributed by atoms with Gasteiger partial charge in [-0.25, -0.2) is 0 Å². The van der Waals surface area contributed by atoms with Crippen LogP contribution in [0.15, 0.2) is 0 Å². The van der Waals surface area contributed by atoms with Gasteiger partial charge in [0.25, 0.3) is 0 Å². The van der Waals surface area contributed by atoms with Crippen LogP contribution in [0.25, 0.3) is 0 Å². The Kier molecular flexibility index (Phi) is 1.23. The zero-order valence-electron chi connectivity index (χ0n) is 3.89. The second kappa shape index (κ2) is 1.74. The standard InChI is InChI=1S/C4H6O2S/c5-4-1-2-7(6)3-4/h1-3H2/p+1. The topological polar surface area (TPSA) is 38.5 Å². The minimum absolute atomic E-state index is 0.401. The van der Waals surface area contributed by atoms with E-state index in [1.807, 2.05) is 0 Å². The predicted octanol–water partition coefficient (Wildman–Crippen LogP) is -0.316. The highest BCUT2D eigenvalue weighted by Gasteiger charge is 2.21. The van der Waals surface area contributed by atoms with Crippen molar-refractivity contribution in [2.75, 3.05) is 11.5 Å². The fourth-order valence-electron chi connectivity index (χ4n) is 0.562. The average Bonchev–Trinajstić information content (AvgIpc) is 1.87. The Hall–Kier alpha value is -0.180. The van der Waals surface area contributed by atoms with Crippen molar-refractivity contribution in [2.24, 2.45) is 0 Å². The van der Waals surface area contributed by atoms with E-state index in [2.05, 4.69) is 0 Å². The molecule has 1 saturated heterocycles. The highest BCUT2D eigenvalue weighted by molar-refractivity contribution is 7.86. The zero-order chi connectivity index (χ0) is 5.28. The fraction of sp³-hybridized carbons (Fsp3) is 0.750. The number of hydrogen-bond acceptors (Lipinski definition) is 1.